The van der Waals surface area contributed by atoms with Gasteiger partial charge in [-0.05, 0) is 51.5 Å². The summed E-state index contributed by atoms with van der Waals surface area (Å²) < 4.78 is 32.7. The molecule has 134 valence electrons. The molecule has 0 aromatic heterocycles. The van der Waals surface area contributed by atoms with Crippen molar-refractivity contribution in [3.05, 3.63) is 59.7 Å². The third-order valence-corrected chi connectivity index (χ3v) is 5.81. The summed E-state index contributed by atoms with van der Waals surface area (Å²) in [4.78, 5) is 12.4. The molecule has 5 nitrogen and oxygen atoms in total. The third-order valence-electron chi connectivity index (χ3n) is 3.91. The van der Waals surface area contributed by atoms with Crippen molar-refractivity contribution < 1.29 is 17.9 Å². The smallest absolute Gasteiger partial charge is 0.329 e. The zero-order valence-corrected chi connectivity index (χ0v) is 15.7. The number of sulfonamides is 1. The lowest BCUT2D eigenvalue weighted by Gasteiger charge is -2.30. The van der Waals surface area contributed by atoms with E-state index in [9.17, 15) is 13.2 Å². The number of esters is 1. The molecule has 2 rings (SSSR count). The van der Waals surface area contributed by atoms with Gasteiger partial charge in [0.15, 0.2) is 0 Å². The van der Waals surface area contributed by atoms with Crippen LogP contribution < -0.4 is 4.31 Å². The predicted molar refractivity (Wildman–Crippen MR) is 98.1 cm³/mol. The molecule has 0 saturated carbocycles. The first-order valence-electron chi connectivity index (χ1n) is 8.12. The van der Waals surface area contributed by atoms with E-state index in [0.717, 1.165) is 15.4 Å². The minimum absolute atomic E-state index is 0.137. The van der Waals surface area contributed by atoms with E-state index >= 15 is 0 Å². The molecule has 0 amide bonds. The number of benzene rings is 2. The standard InChI is InChI=1S/C19H23NO4S/c1-5-24-19(21)16(4)20(18-9-7-6-8-15(18)3)25(22,23)17-12-10-14(2)11-13-17/h6-13,16H,5H2,1-4H3/t16-/m1/s1. The van der Waals surface area contributed by atoms with Gasteiger partial charge in [-0.2, -0.15) is 0 Å². The van der Waals surface area contributed by atoms with Gasteiger partial charge in [-0.3, -0.25) is 4.31 Å². The van der Waals surface area contributed by atoms with Crippen LogP contribution in [-0.2, 0) is 19.6 Å². The molecule has 0 saturated heterocycles. The number of nitrogens with zero attached hydrogens (tertiary/aromatic N) is 1. The molecule has 0 aliphatic rings. The maximum absolute atomic E-state index is 13.3. The van der Waals surface area contributed by atoms with Gasteiger partial charge in [0.05, 0.1) is 17.2 Å². The molecule has 2 aromatic carbocycles. The third kappa shape index (κ3) is 4.02. The van der Waals surface area contributed by atoms with Crippen LogP contribution in [0.15, 0.2) is 53.4 Å². The van der Waals surface area contributed by atoms with Crippen molar-refractivity contribution in [1.29, 1.82) is 0 Å². The van der Waals surface area contributed by atoms with Crippen LogP contribution in [0.5, 0.6) is 0 Å². The molecule has 0 N–H and O–H groups in total. The number of carbonyl (C=O) groups excluding carboxylic acids is 1. The summed E-state index contributed by atoms with van der Waals surface area (Å²) in [7, 11) is -3.92. The van der Waals surface area contributed by atoms with Crippen LogP contribution in [0.4, 0.5) is 5.69 Å². The van der Waals surface area contributed by atoms with Crippen LogP contribution in [0.1, 0.15) is 25.0 Å². The number of rotatable bonds is 6. The molecular weight excluding hydrogens is 338 g/mol. The second-order valence-corrected chi connectivity index (χ2v) is 7.64. The van der Waals surface area contributed by atoms with E-state index in [1.54, 1.807) is 43.3 Å². The summed E-state index contributed by atoms with van der Waals surface area (Å²) in [5, 5.41) is 0. The number of anilines is 1. The normalized spacial score (nSPS) is 12.5. The number of ether oxygens (including phenoxy) is 1. The molecule has 0 aliphatic heterocycles. The van der Waals surface area contributed by atoms with Gasteiger partial charge in [0, 0.05) is 0 Å². The number of hydrogen-bond donors (Lipinski definition) is 0. The molecule has 0 unspecified atom stereocenters. The molecule has 0 radical (unpaired) electrons. The van der Waals surface area contributed by atoms with E-state index in [1.807, 2.05) is 26.0 Å². The fourth-order valence-corrected chi connectivity index (χ4v) is 4.21. The van der Waals surface area contributed by atoms with E-state index in [4.69, 9.17) is 4.74 Å². The highest BCUT2D eigenvalue weighted by Gasteiger charge is 2.34. The highest BCUT2D eigenvalue weighted by Crippen LogP contribution is 2.29. The van der Waals surface area contributed by atoms with Crippen LogP contribution in [0, 0.1) is 13.8 Å². The highest BCUT2D eigenvalue weighted by molar-refractivity contribution is 7.93. The molecule has 0 fully saturated rings. The molecule has 0 aliphatic carbocycles. The molecule has 0 heterocycles. The number of aryl methyl sites for hydroxylation is 2. The molecule has 1 atom stereocenters. The van der Waals surface area contributed by atoms with E-state index in [-0.39, 0.29) is 11.5 Å². The average Bonchev–Trinajstić information content (AvgIpc) is 2.57. The largest absolute Gasteiger partial charge is 0.464 e. The second-order valence-electron chi connectivity index (χ2n) is 5.83. The van der Waals surface area contributed by atoms with E-state index < -0.39 is 22.0 Å². The highest BCUT2D eigenvalue weighted by atomic mass is 32.2. The molecule has 2 aromatic rings. The Morgan fingerprint density at radius 1 is 1.08 bits per heavy atom. The van der Waals surface area contributed by atoms with Crippen molar-refractivity contribution in [2.24, 2.45) is 0 Å². The van der Waals surface area contributed by atoms with Crippen molar-refractivity contribution in [3.63, 3.8) is 0 Å². The summed E-state index contributed by atoms with van der Waals surface area (Å²) in [5.74, 6) is -0.582. The zero-order valence-electron chi connectivity index (χ0n) is 14.9. The predicted octanol–water partition coefficient (Wildman–Crippen LogP) is 3.45. The van der Waals surface area contributed by atoms with Crippen LogP contribution in [0.25, 0.3) is 0 Å². The zero-order chi connectivity index (χ0) is 18.6. The van der Waals surface area contributed by atoms with Gasteiger partial charge in [-0.15, -0.1) is 0 Å². The van der Waals surface area contributed by atoms with Gasteiger partial charge >= 0.3 is 5.97 Å². The lowest BCUT2D eigenvalue weighted by molar-refractivity contribution is -0.144. The Hall–Kier alpha value is -2.34. The first kappa shape index (κ1) is 19.0. The number of carbonyl (C=O) groups is 1. The first-order chi connectivity index (χ1) is 11.8. The van der Waals surface area contributed by atoms with E-state index in [1.165, 1.54) is 6.92 Å². The fraction of sp³-hybridized carbons (Fsp3) is 0.316. The molecule has 0 spiro atoms. The Kier molecular flexibility index (Phi) is 5.85. The van der Waals surface area contributed by atoms with Gasteiger partial charge in [-0.25, -0.2) is 13.2 Å². The maximum Gasteiger partial charge on any atom is 0.329 e. The molecule has 0 bridgehead atoms. The number of hydrogen-bond acceptors (Lipinski definition) is 4. The van der Waals surface area contributed by atoms with Crippen LogP contribution >= 0.6 is 0 Å². The van der Waals surface area contributed by atoms with Gasteiger partial charge < -0.3 is 4.74 Å². The summed E-state index contributed by atoms with van der Waals surface area (Å²) in [6, 6.07) is 12.7. The minimum atomic E-state index is -3.92. The first-order valence-corrected chi connectivity index (χ1v) is 9.56. The van der Waals surface area contributed by atoms with Gasteiger partial charge in [0.25, 0.3) is 10.0 Å². The Labute approximate surface area is 149 Å². The van der Waals surface area contributed by atoms with Crippen LogP contribution in [0.2, 0.25) is 0 Å². The Morgan fingerprint density at radius 3 is 2.24 bits per heavy atom. The van der Waals surface area contributed by atoms with Crippen molar-refractivity contribution in [3.8, 4) is 0 Å². The van der Waals surface area contributed by atoms with E-state index in [0.29, 0.717) is 5.69 Å². The van der Waals surface area contributed by atoms with Crippen LogP contribution in [-0.4, -0.2) is 27.0 Å². The SMILES string of the molecule is CCOC(=O)[C@@H](C)N(c1ccccc1C)S(=O)(=O)c1ccc(C)cc1. The monoisotopic (exact) mass is 361 g/mol. The molecule has 6 heteroatoms. The lowest BCUT2D eigenvalue weighted by atomic mass is 10.2. The van der Waals surface area contributed by atoms with Crippen molar-refractivity contribution >= 4 is 21.7 Å². The Bertz CT molecular complexity index is 844. The summed E-state index contributed by atoms with van der Waals surface area (Å²) >= 11 is 0. The summed E-state index contributed by atoms with van der Waals surface area (Å²) in [6.07, 6.45) is 0. The van der Waals surface area contributed by atoms with Crippen molar-refractivity contribution in [2.75, 3.05) is 10.9 Å². The fourth-order valence-electron chi connectivity index (χ4n) is 2.54. The maximum atomic E-state index is 13.3. The number of para-hydroxylation sites is 1. The van der Waals surface area contributed by atoms with Crippen LogP contribution in [0.3, 0.4) is 0 Å². The summed E-state index contributed by atoms with van der Waals surface area (Å²) in [6.45, 7) is 7.12. The quantitative estimate of drug-likeness (QED) is 0.739. The average molecular weight is 361 g/mol. The second kappa shape index (κ2) is 7.70. The van der Waals surface area contributed by atoms with Gasteiger partial charge in [0.1, 0.15) is 6.04 Å². The van der Waals surface area contributed by atoms with Crippen molar-refractivity contribution in [2.45, 2.75) is 38.6 Å². The minimum Gasteiger partial charge on any atom is -0.464 e. The summed E-state index contributed by atoms with van der Waals surface area (Å²) in [5.41, 5.74) is 2.18. The van der Waals surface area contributed by atoms with Gasteiger partial charge in [-0.1, -0.05) is 35.9 Å². The molecular formula is C19H23NO4S. The molecule has 25 heavy (non-hydrogen) atoms. The van der Waals surface area contributed by atoms with Gasteiger partial charge in [0.2, 0.25) is 0 Å². The Balaban J connectivity index is 2.60. The van der Waals surface area contributed by atoms with E-state index in [2.05, 4.69) is 0 Å². The van der Waals surface area contributed by atoms with Crippen molar-refractivity contribution in [1.82, 2.24) is 0 Å². The Morgan fingerprint density at radius 2 is 1.68 bits per heavy atom. The topological polar surface area (TPSA) is 63.7 Å². The lowest BCUT2D eigenvalue weighted by Crippen LogP contribution is -2.44.